The Kier molecular flexibility index (Phi) is 4.99. The van der Waals surface area contributed by atoms with Crippen molar-refractivity contribution >= 4 is 33.1 Å². The summed E-state index contributed by atoms with van der Waals surface area (Å²) < 4.78 is 20.4. The number of aromatic carboxylic acids is 1. The van der Waals surface area contributed by atoms with Crippen LogP contribution in [0.15, 0.2) is 36.4 Å². The number of carboxylic acid groups (broad SMARTS) is 1. The highest BCUT2D eigenvalue weighted by Crippen LogP contribution is 2.38. The number of morpholine rings is 1. The van der Waals surface area contributed by atoms with E-state index in [0.29, 0.717) is 53.4 Å². The van der Waals surface area contributed by atoms with Gasteiger partial charge in [-0.25, -0.2) is 9.18 Å². The van der Waals surface area contributed by atoms with Crippen LogP contribution >= 0.6 is 11.3 Å². The van der Waals surface area contributed by atoms with Crippen LogP contribution in [-0.2, 0) is 11.2 Å². The van der Waals surface area contributed by atoms with Crippen molar-refractivity contribution in [1.29, 1.82) is 5.26 Å². The largest absolute Gasteiger partial charge is 0.477 e. The molecule has 3 aromatic rings. The zero-order valence-corrected chi connectivity index (χ0v) is 15.8. The van der Waals surface area contributed by atoms with Crippen molar-refractivity contribution in [3.63, 3.8) is 0 Å². The monoisotopic (exact) mass is 396 g/mol. The van der Waals surface area contributed by atoms with Crippen LogP contribution in [0.2, 0.25) is 0 Å². The van der Waals surface area contributed by atoms with Crippen molar-refractivity contribution in [2.45, 2.75) is 6.42 Å². The fraction of sp³-hybridized carbons (Fsp3) is 0.238. The molecular formula is C21H17FN2O3S. The van der Waals surface area contributed by atoms with Gasteiger partial charge in [0.25, 0.3) is 0 Å². The Balaban J connectivity index is 1.81. The highest BCUT2D eigenvalue weighted by atomic mass is 32.1. The number of halogens is 1. The van der Waals surface area contributed by atoms with E-state index in [4.69, 9.17) is 4.74 Å². The number of nitriles is 1. The molecule has 0 saturated carbocycles. The van der Waals surface area contributed by atoms with E-state index in [0.717, 1.165) is 16.7 Å². The number of hydrogen-bond acceptors (Lipinski definition) is 5. The number of rotatable bonds is 4. The van der Waals surface area contributed by atoms with Gasteiger partial charge in [0.05, 0.1) is 18.8 Å². The van der Waals surface area contributed by atoms with Gasteiger partial charge in [0, 0.05) is 30.5 Å². The zero-order chi connectivity index (χ0) is 19.7. The summed E-state index contributed by atoms with van der Waals surface area (Å²) in [5, 5.41) is 21.3. The highest BCUT2D eigenvalue weighted by Gasteiger charge is 2.27. The quantitative estimate of drug-likeness (QED) is 0.721. The molecule has 1 fully saturated rings. The Hall–Kier alpha value is -2.95. The first-order chi connectivity index (χ1) is 13.6. The van der Waals surface area contributed by atoms with Crippen molar-refractivity contribution in [2.24, 2.45) is 0 Å². The molecular weight excluding hydrogens is 379 g/mol. The number of benzene rings is 2. The lowest BCUT2D eigenvalue weighted by Crippen LogP contribution is -2.36. The first kappa shape index (κ1) is 18.4. The van der Waals surface area contributed by atoms with E-state index >= 15 is 4.39 Å². The molecule has 0 aliphatic carbocycles. The van der Waals surface area contributed by atoms with Crippen LogP contribution in [-0.4, -0.2) is 37.4 Å². The van der Waals surface area contributed by atoms with E-state index < -0.39 is 5.97 Å². The molecule has 0 bridgehead atoms. The Labute approximate surface area is 165 Å². The highest BCUT2D eigenvalue weighted by molar-refractivity contribution is 7.18. The predicted octanol–water partition coefficient (Wildman–Crippen LogP) is 4.04. The van der Waals surface area contributed by atoms with Crippen LogP contribution in [0.1, 0.15) is 26.4 Å². The van der Waals surface area contributed by atoms with Crippen molar-refractivity contribution in [3.05, 3.63) is 63.8 Å². The fourth-order valence-corrected chi connectivity index (χ4v) is 4.66. The van der Waals surface area contributed by atoms with E-state index in [1.54, 1.807) is 18.2 Å². The predicted molar refractivity (Wildman–Crippen MR) is 106 cm³/mol. The van der Waals surface area contributed by atoms with Gasteiger partial charge in [0.1, 0.15) is 21.8 Å². The van der Waals surface area contributed by atoms with Crippen molar-refractivity contribution in [3.8, 4) is 6.07 Å². The summed E-state index contributed by atoms with van der Waals surface area (Å²) in [5.41, 5.74) is 1.07. The maximum Gasteiger partial charge on any atom is 0.346 e. The SMILES string of the molecule is N#Cc1c(N2CCOCC2)sc(C(=O)O)c1Cc1ccc2ccccc2c1F. The molecule has 1 aromatic heterocycles. The van der Waals surface area contributed by atoms with E-state index in [-0.39, 0.29) is 17.1 Å². The molecule has 0 radical (unpaired) electrons. The summed E-state index contributed by atoms with van der Waals surface area (Å²) in [6, 6.07) is 12.8. The number of thiophene rings is 1. The summed E-state index contributed by atoms with van der Waals surface area (Å²) in [6.45, 7) is 2.25. The molecule has 4 rings (SSSR count). The molecule has 1 N–H and O–H groups in total. The average Bonchev–Trinajstić information content (AvgIpc) is 3.09. The van der Waals surface area contributed by atoms with E-state index in [9.17, 15) is 15.2 Å². The normalized spacial score (nSPS) is 14.2. The number of nitrogens with zero attached hydrogens (tertiary/aromatic N) is 2. The van der Waals surface area contributed by atoms with E-state index in [1.807, 2.05) is 23.1 Å². The lowest BCUT2D eigenvalue weighted by Gasteiger charge is -2.27. The summed E-state index contributed by atoms with van der Waals surface area (Å²) in [7, 11) is 0. The molecule has 0 unspecified atom stereocenters. The molecule has 1 aliphatic rings. The molecule has 142 valence electrons. The molecule has 0 spiro atoms. The van der Waals surface area contributed by atoms with Crippen molar-refractivity contribution in [1.82, 2.24) is 0 Å². The summed E-state index contributed by atoms with van der Waals surface area (Å²) >= 11 is 1.08. The number of fused-ring (bicyclic) bond motifs is 1. The molecule has 0 atom stereocenters. The van der Waals surface area contributed by atoms with Gasteiger partial charge in [0.2, 0.25) is 0 Å². The maximum atomic E-state index is 15.0. The van der Waals surface area contributed by atoms with Gasteiger partial charge in [-0.3, -0.25) is 0 Å². The van der Waals surface area contributed by atoms with Gasteiger partial charge in [-0.05, 0) is 10.9 Å². The second kappa shape index (κ2) is 7.58. The molecule has 7 heteroatoms. The minimum Gasteiger partial charge on any atom is -0.477 e. The zero-order valence-electron chi connectivity index (χ0n) is 14.9. The number of ether oxygens (including phenoxy) is 1. The summed E-state index contributed by atoms with van der Waals surface area (Å²) in [5.74, 6) is -1.48. The number of hydrogen-bond donors (Lipinski definition) is 1. The molecule has 0 amide bonds. The van der Waals surface area contributed by atoms with Crippen LogP contribution in [0.5, 0.6) is 0 Å². The van der Waals surface area contributed by atoms with Gasteiger partial charge in [-0.1, -0.05) is 36.4 Å². The minimum absolute atomic E-state index is 0.0576. The minimum atomic E-state index is -1.10. The number of anilines is 1. The molecule has 28 heavy (non-hydrogen) atoms. The van der Waals surface area contributed by atoms with E-state index in [1.165, 1.54) is 0 Å². The maximum absolute atomic E-state index is 15.0. The number of carboxylic acids is 1. The Morgan fingerprint density at radius 1 is 1.25 bits per heavy atom. The molecule has 1 saturated heterocycles. The lowest BCUT2D eigenvalue weighted by atomic mass is 9.98. The van der Waals surface area contributed by atoms with Gasteiger partial charge < -0.3 is 14.7 Å². The standard InChI is InChI=1S/C21H17FN2O3S/c22-18-14(6-5-13-3-1-2-4-15(13)18)11-16-17(12-23)20(28-19(16)21(25)26)24-7-9-27-10-8-24/h1-6H,7-11H2,(H,25,26). The third-order valence-electron chi connectivity index (χ3n) is 4.90. The van der Waals surface area contributed by atoms with Crippen molar-refractivity contribution in [2.75, 3.05) is 31.2 Å². The van der Waals surface area contributed by atoms with Gasteiger partial charge >= 0.3 is 5.97 Å². The summed E-state index contributed by atoms with van der Waals surface area (Å²) in [4.78, 5) is 13.9. The van der Waals surface area contributed by atoms with Gasteiger partial charge in [-0.15, -0.1) is 11.3 Å². The first-order valence-corrected chi connectivity index (χ1v) is 9.69. The van der Waals surface area contributed by atoms with Crippen LogP contribution in [0.4, 0.5) is 9.39 Å². The van der Waals surface area contributed by atoms with Crippen LogP contribution in [0.25, 0.3) is 10.8 Å². The van der Waals surface area contributed by atoms with Gasteiger partial charge in [0.15, 0.2) is 0 Å². The molecule has 2 aromatic carbocycles. The number of carbonyl (C=O) groups is 1. The van der Waals surface area contributed by atoms with Crippen LogP contribution in [0.3, 0.4) is 0 Å². The fourth-order valence-electron chi connectivity index (χ4n) is 3.50. The van der Waals surface area contributed by atoms with Crippen molar-refractivity contribution < 1.29 is 19.0 Å². The molecule has 1 aliphatic heterocycles. The van der Waals surface area contributed by atoms with Gasteiger partial charge in [-0.2, -0.15) is 5.26 Å². The Morgan fingerprint density at radius 3 is 2.71 bits per heavy atom. The smallest absolute Gasteiger partial charge is 0.346 e. The van der Waals surface area contributed by atoms with Crippen LogP contribution in [0, 0.1) is 17.1 Å². The Morgan fingerprint density at radius 2 is 2.00 bits per heavy atom. The second-order valence-corrected chi connectivity index (χ2v) is 7.54. The van der Waals surface area contributed by atoms with E-state index in [2.05, 4.69) is 6.07 Å². The van der Waals surface area contributed by atoms with Crippen LogP contribution < -0.4 is 4.90 Å². The molecule has 2 heterocycles. The Bertz CT molecular complexity index is 1100. The second-order valence-electron chi connectivity index (χ2n) is 6.54. The topological polar surface area (TPSA) is 73.6 Å². The lowest BCUT2D eigenvalue weighted by molar-refractivity contribution is 0.0701. The first-order valence-electron chi connectivity index (χ1n) is 8.88. The third-order valence-corrected chi connectivity index (χ3v) is 6.18. The molecule has 5 nitrogen and oxygen atoms in total. The third kappa shape index (κ3) is 3.21. The summed E-state index contributed by atoms with van der Waals surface area (Å²) in [6.07, 6.45) is 0.0576. The average molecular weight is 396 g/mol.